The third-order valence-electron chi connectivity index (χ3n) is 3.08. The summed E-state index contributed by atoms with van der Waals surface area (Å²) in [6.45, 7) is 5.97. The minimum Gasteiger partial charge on any atom is -0.464 e. The zero-order valence-electron chi connectivity index (χ0n) is 13.1. The molecule has 1 heterocycles. The van der Waals surface area contributed by atoms with Crippen molar-refractivity contribution in [1.82, 2.24) is 10.3 Å². The molecule has 0 fully saturated rings. The van der Waals surface area contributed by atoms with Gasteiger partial charge in [-0.15, -0.1) is 11.8 Å². The third kappa shape index (κ3) is 4.78. The maximum atomic E-state index is 11.5. The number of carbonyl (C=O) groups is 1. The third-order valence-corrected chi connectivity index (χ3v) is 4.06. The topological polar surface area (TPSA) is 90.4 Å². The molecule has 1 aromatic rings. The molecule has 0 saturated heterocycles. The number of nitrogens with one attached hydrogen (secondary N) is 1. The largest absolute Gasteiger partial charge is 0.464 e. The van der Waals surface area contributed by atoms with Crippen molar-refractivity contribution in [3.05, 3.63) is 22.8 Å². The number of oxazole rings is 1. The van der Waals surface area contributed by atoms with Crippen LogP contribution in [0.2, 0.25) is 0 Å². The zero-order chi connectivity index (χ0) is 16.0. The van der Waals surface area contributed by atoms with Crippen LogP contribution in [-0.2, 0) is 4.74 Å². The van der Waals surface area contributed by atoms with Crippen LogP contribution in [0.3, 0.4) is 0 Å². The molecule has 3 N–H and O–H groups in total. The molecule has 1 atom stereocenters. The maximum Gasteiger partial charge on any atom is 0.360 e. The van der Waals surface area contributed by atoms with Crippen molar-refractivity contribution in [1.29, 1.82) is 0 Å². The summed E-state index contributed by atoms with van der Waals surface area (Å²) in [6.07, 6.45) is 0. The number of hydrogen-bond acceptors (Lipinski definition) is 7. The summed E-state index contributed by atoms with van der Waals surface area (Å²) in [5.41, 5.74) is 6.49. The van der Waals surface area contributed by atoms with Crippen molar-refractivity contribution in [3.8, 4) is 0 Å². The number of ether oxygens (including phenoxy) is 1. The molecule has 0 aliphatic carbocycles. The molecule has 1 aromatic heterocycles. The first kappa shape index (κ1) is 17.6. The van der Waals surface area contributed by atoms with E-state index in [4.69, 9.17) is 10.2 Å². The number of carbonyl (C=O) groups excluding carboxylic acids is 1. The lowest BCUT2D eigenvalue weighted by atomic mass is 10.1. The molecule has 0 aliphatic heterocycles. The van der Waals surface area contributed by atoms with Crippen molar-refractivity contribution < 1.29 is 13.9 Å². The van der Waals surface area contributed by atoms with E-state index in [0.29, 0.717) is 23.4 Å². The van der Waals surface area contributed by atoms with Crippen LogP contribution in [-0.4, -0.2) is 36.9 Å². The van der Waals surface area contributed by atoms with Crippen LogP contribution in [0.4, 0.5) is 0 Å². The van der Waals surface area contributed by atoms with Crippen LogP contribution in [0.1, 0.15) is 36.0 Å². The van der Waals surface area contributed by atoms with Crippen LogP contribution in [0.25, 0.3) is 5.70 Å². The number of nitrogens with two attached hydrogens (primary N) is 1. The number of methoxy groups -OCH3 is 1. The summed E-state index contributed by atoms with van der Waals surface area (Å²) in [7, 11) is 3.24. The molecule has 6 nitrogen and oxygen atoms in total. The summed E-state index contributed by atoms with van der Waals surface area (Å²) in [5.74, 6) is 1.53. The number of aryl methyl sites for hydroxylation is 1. The molecule has 118 valence electrons. The van der Waals surface area contributed by atoms with Gasteiger partial charge in [0.1, 0.15) is 11.5 Å². The zero-order valence-corrected chi connectivity index (χ0v) is 13.9. The average molecular weight is 313 g/mol. The molecule has 7 heteroatoms. The summed E-state index contributed by atoms with van der Waals surface area (Å²) in [4.78, 5) is 15.5. The first-order chi connectivity index (χ1) is 9.90. The van der Waals surface area contributed by atoms with E-state index in [1.54, 1.807) is 24.1 Å². The van der Waals surface area contributed by atoms with Crippen molar-refractivity contribution >= 4 is 23.4 Å². The smallest absolute Gasteiger partial charge is 0.360 e. The Morgan fingerprint density at radius 1 is 1.57 bits per heavy atom. The molecule has 0 radical (unpaired) electrons. The fourth-order valence-corrected chi connectivity index (χ4v) is 2.84. The number of thioether (sulfide) groups is 1. The van der Waals surface area contributed by atoms with Gasteiger partial charge < -0.3 is 20.2 Å². The van der Waals surface area contributed by atoms with Crippen LogP contribution in [0.5, 0.6) is 0 Å². The van der Waals surface area contributed by atoms with Crippen molar-refractivity contribution in [3.63, 3.8) is 0 Å². The van der Waals surface area contributed by atoms with Gasteiger partial charge in [0.05, 0.1) is 7.11 Å². The van der Waals surface area contributed by atoms with Gasteiger partial charge in [-0.1, -0.05) is 13.8 Å². The number of nitrogens with zero attached hydrogens (tertiary/aromatic N) is 1. The van der Waals surface area contributed by atoms with E-state index in [-0.39, 0.29) is 11.6 Å². The Balaban J connectivity index is 2.73. The first-order valence-corrected chi connectivity index (χ1v) is 7.76. The summed E-state index contributed by atoms with van der Waals surface area (Å²) >= 11 is 1.58. The highest BCUT2D eigenvalue weighted by Gasteiger charge is 2.18. The maximum absolute atomic E-state index is 11.5. The Morgan fingerprint density at radius 2 is 2.24 bits per heavy atom. The highest BCUT2D eigenvalue weighted by atomic mass is 32.2. The van der Waals surface area contributed by atoms with E-state index < -0.39 is 5.97 Å². The first-order valence-electron chi connectivity index (χ1n) is 6.71. The summed E-state index contributed by atoms with van der Waals surface area (Å²) < 4.78 is 10.0. The molecule has 0 saturated carbocycles. The second-order valence-electron chi connectivity index (χ2n) is 4.96. The molecule has 0 amide bonds. The van der Waals surface area contributed by atoms with Gasteiger partial charge in [-0.2, -0.15) is 0 Å². The van der Waals surface area contributed by atoms with E-state index >= 15 is 0 Å². The van der Waals surface area contributed by atoms with Gasteiger partial charge in [-0.3, -0.25) is 0 Å². The lowest BCUT2D eigenvalue weighted by Crippen LogP contribution is -2.32. The second-order valence-corrected chi connectivity index (χ2v) is 5.86. The van der Waals surface area contributed by atoms with E-state index in [2.05, 4.69) is 28.9 Å². The molecular weight excluding hydrogens is 290 g/mol. The van der Waals surface area contributed by atoms with Crippen molar-refractivity contribution in [2.24, 2.45) is 11.7 Å². The Bertz CT molecular complexity index is 512. The van der Waals surface area contributed by atoms with Gasteiger partial charge in [-0.25, -0.2) is 9.78 Å². The number of rotatable bonds is 7. The Hall–Kier alpha value is -1.47. The monoisotopic (exact) mass is 313 g/mol. The molecular formula is C14H23N3O3S. The van der Waals surface area contributed by atoms with E-state index in [9.17, 15) is 4.79 Å². The van der Waals surface area contributed by atoms with Gasteiger partial charge in [0, 0.05) is 11.8 Å². The van der Waals surface area contributed by atoms with E-state index in [1.165, 1.54) is 7.11 Å². The Labute approximate surface area is 129 Å². The predicted molar refractivity (Wildman–Crippen MR) is 84.9 cm³/mol. The molecule has 0 spiro atoms. The highest BCUT2D eigenvalue weighted by molar-refractivity contribution is 8.02. The van der Waals surface area contributed by atoms with Gasteiger partial charge in [-0.05, 0) is 25.3 Å². The number of esters is 1. The molecule has 0 aromatic carbocycles. The lowest BCUT2D eigenvalue weighted by Gasteiger charge is -2.18. The lowest BCUT2D eigenvalue weighted by molar-refractivity contribution is 0.0593. The Morgan fingerprint density at radius 3 is 2.76 bits per heavy atom. The minimum absolute atomic E-state index is 0.157. The van der Waals surface area contributed by atoms with E-state index in [1.807, 2.05) is 7.05 Å². The van der Waals surface area contributed by atoms with E-state index in [0.717, 1.165) is 5.75 Å². The SMILES string of the molecule is CNC(CS/C=C(\N)c1nc(C(=O)OC)c(C)o1)C(C)C. The molecule has 0 aliphatic rings. The quantitative estimate of drug-likeness (QED) is 0.744. The van der Waals surface area contributed by atoms with Gasteiger partial charge in [0.25, 0.3) is 0 Å². The van der Waals surface area contributed by atoms with Gasteiger partial charge in [0.15, 0.2) is 5.69 Å². The van der Waals surface area contributed by atoms with Crippen molar-refractivity contribution in [2.75, 3.05) is 19.9 Å². The van der Waals surface area contributed by atoms with Gasteiger partial charge >= 0.3 is 5.97 Å². The Kier molecular flexibility index (Phi) is 6.77. The minimum atomic E-state index is -0.530. The van der Waals surface area contributed by atoms with Crippen LogP contribution in [0, 0.1) is 12.8 Å². The number of hydrogen-bond donors (Lipinski definition) is 2. The average Bonchev–Trinajstić information content (AvgIpc) is 2.84. The van der Waals surface area contributed by atoms with Crippen LogP contribution >= 0.6 is 11.8 Å². The second kappa shape index (κ2) is 8.09. The normalized spacial score (nSPS) is 13.5. The van der Waals surface area contributed by atoms with Crippen LogP contribution < -0.4 is 11.1 Å². The van der Waals surface area contributed by atoms with Crippen molar-refractivity contribution in [2.45, 2.75) is 26.8 Å². The summed E-state index contributed by atoms with van der Waals surface area (Å²) in [6, 6.07) is 0.399. The highest BCUT2D eigenvalue weighted by Crippen LogP contribution is 2.19. The standard InChI is InChI=1S/C14H23N3O3S/c1-8(2)11(16-4)7-21-6-10(15)13-17-12(9(3)20-13)14(18)19-5/h6,8,11,16H,7,15H2,1-5H3/b10-6-. The fourth-order valence-electron chi connectivity index (χ4n) is 1.71. The number of aromatic nitrogens is 1. The fraction of sp³-hybridized carbons (Fsp3) is 0.571. The molecule has 0 bridgehead atoms. The molecule has 21 heavy (non-hydrogen) atoms. The predicted octanol–water partition coefficient (Wildman–Crippen LogP) is 2.00. The van der Waals surface area contributed by atoms with Gasteiger partial charge in [0.2, 0.25) is 5.89 Å². The molecule has 1 unspecified atom stereocenters. The molecule has 1 rings (SSSR count). The van der Waals surface area contributed by atoms with Crippen LogP contribution in [0.15, 0.2) is 9.83 Å². The summed E-state index contributed by atoms with van der Waals surface area (Å²) in [5, 5.41) is 5.05.